The van der Waals surface area contributed by atoms with Crippen molar-refractivity contribution in [2.75, 3.05) is 19.0 Å². The zero-order valence-corrected chi connectivity index (χ0v) is 23.0. The van der Waals surface area contributed by atoms with Crippen molar-refractivity contribution in [3.63, 3.8) is 0 Å². The van der Waals surface area contributed by atoms with Gasteiger partial charge in [0, 0.05) is 42.5 Å². The first kappa shape index (κ1) is 28.6. The van der Waals surface area contributed by atoms with Gasteiger partial charge in [-0.1, -0.05) is 33.3 Å². The second-order valence-electron chi connectivity index (χ2n) is 10.3. The maximum absolute atomic E-state index is 12.9. The van der Waals surface area contributed by atoms with Crippen LogP contribution >= 0.6 is 0 Å². The number of ether oxygens (including phenoxy) is 1. The highest BCUT2D eigenvalue weighted by molar-refractivity contribution is 6.06. The predicted molar refractivity (Wildman–Crippen MR) is 152 cm³/mol. The number of nitrogens with zero attached hydrogens (tertiary/aromatic N) is 1. The highest BCUT2D eigenvalue weighted by Crippen LogP contribution is 2.26. The molecule has 3 aromatic rings. The third-order valence-corrected chi connectivity index (χ3v) is 7.37. The summed E-state index contributed by atoms with van der Waals surface area (Å²) < 4.78 is 5.80. The number of carbonyl (C=O) groups is 1. The molecule has 1 aliphatic rings. The third kappa shape index (κ3) is 8.01. The minimum absolute atomic E-state index is 0.136. The fraction of sp³-hybridized carbons (Fsp3) is 0.484. The van der Waals surface area contributed by atoms with Crippen LogP contribution in [0.3, 0.4) is 0 Å². The summed E-state index contributed by atoms with van der Waals surface area (Å²) in [6.45, 7) is 10.2. The van der Waals surface area contributed by atoms with E-state index in [9.17, 15) is 4.79 Å². The number of amides is 1. The van der Waals surface area contributed by atoms with Crippen LogP contribution in [0.15, 0.2) is 48.7 Å². The summed E-state index contributed by atoms with van der Waals surface area (Å²) in [5.41, 5.74) is 4.49. The molecule has 0 bridgehead atoms. The fourth-order valence-electron chi connectivity index (χ4n) is 4.61. The summed E-state index contributed by atoms with van der Waals surface area (Å²) in [6.07, 6.45) is 8.20. The van der Waals surface area contributed by atoms with Gasteiger partial charge in [-0.15, -0.1) is 0 Å². The summed E-state index contributed by atoms with van der Waals surface area (Å²) in [7, 11) is 1.00. The van der Waals surface area contributed by atoms with Crippen molar-refractivity contribution in [2.24, 2.45) is 11.8 Å². The molecule has 3 N–H and O–H groups in total. The molecule has 1 amide bonds. The van der Waals surface area contributed by atoms with Crippen LogP contribution < -0.4 is 15.4 Å². The molecule has 1 unspecified atom stereocenters. The van der Waals surface area contributed by atoms with Gasteiger partial charge >= 0.3 is 0 Å². The molecule has 4 rings (SSSR count). The topological polar surface area (TPSA) is 83.5 Å². The largest absolute Gasteiger partial charge is 0.493 e. The van der Waals surface area contributed by atoms with Crippen molar-refractivity contribution in [1.29, 1.82) is 0 Å². The first-order valence-corrected chi connectivity index (χ1v) is 13.5. The molecule has 6 heteroatoms. The summed E-state index contributed by atoms with van der Waals surface area (Å²) in [5, 5.41) is 14.9. The fourth-order valence-corrected chi connectivity index (χ4v) is 4.61. The van der Waals surface area contributed by atoms with E-state index < -0.39 is 0 Å². The van der Waals surface area contributed by atoms with Gasteiger partial charge in [-0.2, -0.15) is 0 Å². The molecule has 0 saturated heterocycles. The molecule has 1 heterocycles. The average molecular weight is 506 g/mol. The van der Waals surface area contributed by atoms with Crippen LogP contribution in [0, 0.1) is 18.8 Å². The van der Waals surface area contributed by atoms with Crippen LogP contribution in [0.2, 0.25) is 0 Å². The first-order chi connectivity index (χ1) is 17.9. The van der Waals surface area contributed by atoms with Gasteiger partial charge in [0.2, 0.25) is 0 Å². The molecular weight excluding hydrogens is 462 g/mol. The Labute approximate surface area is 221 Å². The molecule has 2 aromatic carbocycles. The molecule has 1 aromatic heterocycles. The van der Waals surface area contributed by atoms with Gasteiger partial charge in [0.25, 0.3) is 5.91 Å². The smallest absolute Gasteiger partial charge is 0.255 e. The number of aliphatic hydroxyl groups is 1. The van der Waals surface area contributed by atoms with Crippen molar-refractivity contribution < 1.29 is 14.6 Å². The van der Waals surface area contributed by atoms with E-state index in [0.717, 1.165) is 53.9 Å². The molecule has 1 atom stereocenters. The first-order valence-electron chi connectivity index (χ1n) is 13.5. The lowest BCUT2D eigenvalue weighted by molar-refractivity contribution is 0.102. The van der Waals surface area contributed by atoms with Gasteiger partial charge in [0.1, 0.15) is 5.75 Å². The maximum Gasteiger partial charge on any atom is 0.255 e. The SMILES string of the molecule is CCC(C)COc1ccc(C(=O)Nc2ccc3cc(CNC4CCC(C)CC4)cnc3c2C)cc1.CO. The van der Waals surface area contributed by atoms with E-state index in [2.05, 4.69) is 37.5 Å². The molecule has 0 radical (unpaired) electrons. The van der Waals surface area contributed by atoms with E-state index in [1.165, 1.54) is 31.2 Å². The molecule has 0 spiro atoms. The van der Waals surface area contributed by atoms with Crippen molar-refractivity contribution in [3.05, 3.63) is 65.4 Å². The maximum atomic E-state index is 12.9. The van der Waals surface area contributed by atoms with Crippen LogP contribution in [-0.2, 0) is 6.54 Å². The van der Waals surface area contributed by atoms with Gasteiger partial charge < -0.3 is 20.5 Å². The van der Waals surface area contributed by atoms with Gasteiger partial charge in [-0.3, -0.25) is 9.78 Å². The van der Waals surface area contributed by atoms with Crippen LogP contribution in [-0.4, -0.2) is 35.8 Å². The second-order valence-corrected chi connectivity index (χ2v) is 10.3. The average Bonchev–Trinajstić information content (AvgIpc) is 2.94. The predicted octanol–water partition coefficient (Wildman–Crippen LogP) is 6.50. The number of aromatic nitrogens is 1. The number of fused-ring (bicyclic) bond motifs is 1. The lowest BCUT2D eigenvalue weighted by atomic mass is 9.87. The van der Waals surface area contributed by atoms with Crippen molar-refractivity contribution >= 4 is 22.5 Å². The van der Waals surface area contributed by atoms with E-state index >= 15 is 0 Å². The molecule has 1 fully saturated rings. The number of hydrogen-bond acceptors (Lipinski definition) is 5. The zero-order valence-electron chi connectivity index (χ0n) is 23.0. The highest BCUT2D eigenvalue weighted by Gasteiger charge is 2.17. The summed E-state index contributed by atoms with van der Waals surface area (Å²) >= 11 is 0. The van der Waals surface area contributed by atoms with Crippen LogP contribution in [0.25, 0.3) is 10.9 Å². The zero-order chi connectivity index (χ0) is 26.8. The van der Waals surface area contributed by atoms with Crippen molar-refractivity contribution in [1.82, 2.24) is 10.3 Å². The van der Waals surface area contributed by atoms with Gasteiger partial charge in [0.05, 0.1) is 12.1 Å². The van der Waals surface area contributed by atoms with Crippen LogP contribution in [0.5, 0.6) is 5.75 Å². The van der Waals surface area contributed by atoms with Crippen molar-refractivity contribution in [3.8, 4) is 5.75 Å². The molecule has 1 aliphatic carbocycles. The summed E-state index contributed by atoms with van der Waals surface area (Å²) in [4.78, 5) is 17.6. The number of anilines is 1. The van der Waals surface area contributed by atoms with Gasteiger partial charge in [-0.05, 0) is 92.0 Å². The molecular formula is C31H43N3O3. The summed E-state index contributed by atoms with van der Waals surface area (Å²) in [5.74, 6) is 2.02. The standard InChI is InChI=1S/C30H39N3O2.CH4O/c1-5-20(2)19-35-27-13-8-24(9-14-27)30(34)33-28-15-10-25-16-23(18-32-29(25)22(28)4)17-31-26-11-6-21(3)7-12-26;1-2/h8-10,13-16,18,20-21,26,31H,5-7,11-12,17,19H2,1-4H3,(H,33,34);2H,1H3. The quantitative estimate of drug-likeness (QED) is 0.309. The van der Waals surface area contributed by atoms with Gasteiger partial charge in [-0.25, -0.2) is 0 Å². The Morgan fingerprint density at radius 2 is 1.81 bits per heavy atom. The lowest BCUT2D eigenvalue weighted by Crippen LogP contribution is -2.32. The molecule has 0 aliphatic heterocycles. The number of aryl methyl sites for hydroxylation is 1. The Morgan fingerprint density at radius 3 is 2.49 bits per heavy atom. The van der Waals surface area contributed by atoms with E-state index in [-0.39, 0.29) is 5.91 Å². The van der Waals surface area contributed by atoms with E-state index in [0.29, 0.717) is 24.1 Å². The molecule has 1 saturated carbocycles. The van der Waals surface area contributed by atoms with Crippen molar-refractivity contribution in [2.45, 2.75) is 72.4 Å². The number of aliphatic hydroxyl groups excluding tert-OH is 1. The Balaban J connectivity index is 0.00000186. The van der Waals surface area contributed by atoms with Crippen LogP contribution in [0.4, 0.5) is 5.69 Å². The minimum Gasteiger partial charge on any atom is -0.493 e. The monoisotopic (exact) mass is 505 g/mol. The Hall–Kier alpha value is -2.96. The number of benzene rings is 2. The number of hydrogen-bond donors (Lipinski definition) is 3. The molecule has 200 valence electrons. The second kappa shape index (κ2) is 14.1. The normalized spacial score (nSPS) is 18.0. The van der Waals surface area contributed by atoms with Gasteiger partial charge in [0.15, 0.2) is 0 Å². The molecule has 37 heavy (non-hydrogen) atoms. The van der Waals surface area contributed by atoms with Crippen LogP contribution in [0.1, 0.15) is 74.4 Å². The van der Waals surface area contributed by atoms with E-state index in [4.69, 9.17) is 14.8 Å². The molecule has 6 nitrogen and oxygen atoms in total. The Bertz CT molecular complexity index is 1140. The van der Waals surface area contributed by atoms with E-state index in [1.54, 1.807) is 0 Å². The Morgan fingerprint density at radius 1 is 1.11 bits per heavy atom. The number of rotatable bonds is 9. The van der Waals surface area contributed by atoms with E-state index in [1.807, 2.05) is 49.5 Å². The summed E-state index contributed by atoms with van der Waals surface area (Å²) in [6, 6.07) is 14.2. The Kier molecular flexibility index (Phi) is 10.9. The number of pyridine rings is 1. The number of nitrogens with one attached hydrogen (secondary N) is 2. The minimum atomic E-state index is -0.136. The third-order valence-electron chi connectivity index (χ3n) is 7.37. The highest BCUT2D eigenvalue weighted by atomic mass is 16.5. The number of carbonyl (C=O) groups excluding carboxylic acids is 1. The lowest BCUT2D eigenvalue weighted by Gasteiger charge is -2.27.